The summed E-state index contributed by atoms with van der Waals surface area (Å²) in [6.07, 6.45) is 3.81. The van der Waals surface area contributed by atoms with Crippen molar-refractivity contribution < 1.29 is 9.84 Å². The Morgan fingerprint density at radius 3 is 3.15 bits per heavy atom. The second-order valence-electron chi connectivity index (χ2n) is 2.90. The Morgan fingerprint density at radius 1 is 1.77 bits per heavy atom. The van der Waals surface area contributed by atoms with Crippen molar-refractivity contribution in [3.63, 3.8) is 0 Å². The van der Waals surface area contributed by atoms with Crippen LogP contribution < -0.4 is 5.32 Å². The lowest BCUT2D eigenvalue weighted by molar-refractivity contribution is 0.0412. The summed E-state index contributed by atoms with van der Waals surface area (Å²) in [6.45, 7) is 4.19. The lowest BCUT2D eigenvalue weighted by Gasteiger charge is -2.28. The summed E-state index contributed by atoms with van der Waals surface area (Å²) in [4.78, 5) is 4.13. The minimum Gasteiger partial charge on any atom is -0.475 e. The SMILES string of the molecule is C/C=C\N=C1OCC(O)NC1CC. The van der Waals surface area contributed by atoms with Crippen molar-refractivity contribution in [3.05, 3.63) is 12.3 Å². The van der Waals surface area contributed by atoms with Gasteiger partial charge in [-0.15, -0.1) is 0 Å². The van der Waals surface area contributed by atoms with Gasteiger partial charge in [-0.25, -0.2) is 4.99 Å². The van der Waals surface area contributed by atoms with Crippen LogP contribution in [0.2, 0.25) is 0 Å². The van der Waals surface area contributed by atoms with Gasteiger partial charge in [-0.1, -0.05) is 13.0 Å². The molecule has 1 saturated heterocycles. The summed E-state index contributed by atoms with van der Waals surface area (Å²) in [5.41, 5.74) is 0. The molecule has 1 rings (SSSR count). The van der Waals surface area contributed by atoms with Gasteiger partial charge in [0, 0.05) is 6.20 Å². The summed E-state index contributed by atoms with van der Waals surface area (Å²) in [5, 5.41) is 12.2. The fourth-order valence-electron chi connectivity index (χ4n) is 1.18. The number of aliphatic hydroxyl groups excluding tert-OH is 1. The number of aliphatic imine (C=N–C) groups is 1. The maximum Gasteiger partial charge on any atom is 0.205 e. The van der Waals surface area contributed by atoms with Gasteiger partial charge in [0.05, 0.1) is 6.04 Å². The molecule has 0 spiro atoms. The lowest BCUT2D eigenvalue weighted by Crippen LogP contribution is -2.51. The largest absolute Gasteiger partial charge is 0.475 e. The van der Waals surface area contributed by atoms with Gasteiger partial charge in [0.25, 0.3) is 0 Å². The zero-order chi connectivity index (χ0) is 9.68. The standard InChI is InChI=1S/C9H16N2O2/c1-3-5-10-9-7(4-2)11-8(12)6-13-9/h3,5,7-8,11-12H,4,6H2,1-2H3/b5-3-,10-9?. The zero-order valence-corrected chi connectivity index (χ0v) is 8.03. The van der Waals surface area contributed by atoms with E-state index in [0.29, 0.717) is 5.90 Å². The summed E-state index contributed by atoms with van der Waals surface area (Å²) in [5.74, 6) is 0.658. The maximum atomic E-state index is 9.24. The molecule has 74 valence electrons. The van der Waals surface area contributed by atoms with E-state index in [1.54, 1.807) is 6.20 Å². The van der Waals surface area contributed by atoms with Crippen molar-refractivity contribution >= 4 is 5.90 Å². The number of ether oxygens (including phenoxy) is 1. The fourth-order valence-corrected chi connectivity index (χ4v) is 1.18. The third-order valence-corrected chi connectivity index (χ3v) is 1.84. The Labute approximate surface area is 78.3 Å². The molecular formula is C9H16N2O2. The molecule has 0 radical (unpaired) electrons. The van der Waals surface area contributed by atoms with Gasteiger partial charge in [-0.2, -0.15) is 0 Å². The van der Waals surface area contributed by atoms with Gasteiger partial charge in [0.15, 0.2) is 0 Å². The first-order chi connectivity index (χ1) is 6.27. The Balaban J connectivity index is 2.62. The Hall–Kier alpha value is -0.870. The molecule has 0 bridgehead atoms. The maximum absolute atomic E-state index is 9.24. The van der Waals surface area contributed by atoms with Gasteiger partial charge in [-0.3, -0.25) is 5.32 Å². The smallest absolute Gasteiger partial charge is 0.205 e. The van der Waals surface area contributed by atoms with E-state index in [-0.39, 0.29) is 12.6 Å². The molecule has 4 nitrogen and oxygen atoms in total. The van der Waals surface area contributed by atoms with E-state index >= 15 is 0 Å². The number of aliphatic hydroxyl groups is 1. The van der Waals surface area contributed by atoms with Gasteiger partial charge in [0.1, 0.15) is 12.8 Å². The predicted octanol–water partition coefficient (Wildman–Crippen LogP) is 0.635. The van der Waals surface area contributed by atoms with E-state index in [2.05, 4.69) is 10.3 Å². The summed E-state index contributed by atoms with van der Waals surface area (Å²) in [6, 6.07) is 0.0277. The minimum atomic E-state index is -0.575. The van der Waals surface area contributed by atoms with Crippen LogP contribution >= 0.6 is 0 Å². The summed E-state index contributed by atoms with van der Waals surface area (Å²) < 4.78 is 5.28. The molecule has 0 amide bonds. The molecule has 13 heavy (non-hydrogen) atoms. The van der Waals surface area contributed by atoms with Crippen LogP contribution in [0.4, 0.5) is 0 Å². The van der Waals surface area contributed by atoms with Crippen LogP contribution in [0.1, 0.15) is 20.3 Å². The Bertz CT molecular complexity index is 214. The number of hydrogen-bond donors (Lipinski definition) is 2. The highest BCUT2D eigenvalue weighted by Gasteiger charge is 2.24. The molecule has 4 heteroatoms. The van der Waals surface area contributed by atoms with E-state index in [1.165, 1.54) is 0 Å². The van der Waals surface area contributed by atoms with Crippen molar-refractivity contribution in [2.75, 3.05) is 6.61 Å². The second kappa shape index (κ2) is 4.99. The minimum absolute atomic E-state index is 0.0277. The van der Waals surface area contributed by atoms with Crippen molar-refractivity contribution in [1.82, 2.24) is 5.32 Å². The Kier molecular flexibility index (Phi) is 3.92. The van der Waals surface area contributed by atoms with Crippen LogP contribution in [0.25, 0.3) is 0 Å². The highest BCUT2D eigenvalue weighted by Crippen LogP contribution is 2.05. The first-order valence-electron chi connectivity index (χ1n) is 4.53. The van der Waals surface area contributed by atoms with Gasteiger partial charge < -0.3 is 9.84 Å². The molecule has 1 heterocycles. The van der Waals surface area contributed by atoms with E-state index < -0.39 is 6.23 Å². The first-order valence-corrected chi connectivity index (χ1v) is 4.53. The van der Waals surface area contributed by atoms with Crippen molar-refractivity contribution in [3.8, 4) is 0 Å². The van der Waals surface area contributed by atoms with Crippen LogP contribution in [0.3, 0.4) is 0 Å². The normalized spacial score (nSPS) is 32.4. The van der Waals surface area contributed by atoms with Crippen LogP contribution in [0, 0.1) is 0 Å². The van der Waals surface area contributed by atoms with E-state index in [1.807, 2.05) is 19.9 Å². The fraction of sp³-hybridized carbons (Fsp3) is 0.667. The molecule has 2 atom stereocenters. The average Bonchev–Trinajstić information content (AvgIpc) is 2.16. The van der Waals surface area contributed by atoms with E-state index in [9.17, 15) is 5.11 Å². The van der Waals surface area contributed by atoms with Gasteiger partial charge in [-0.05, 0) is 13.3 Å². The molecule has 1 aliphatic rings. The van der Waals surface area contributed by atoms with Crippen molar-refractivity contribution in [1.29, 1.82) is 0 Å². The number of rotatable bonds is 2. The topological polar surface area (TPSA) is 53.9 Å². The molecule has 2 unspecified atom stereocenters. The molecule has 0 aliphatic carbocycles. The number of morpholine rings is 1. The molecule has 0 saturated carbocycles. The number of nitrogens with zero attached hydrogens (tertiary/aromatic N) is 1. The van der Waals surface area contributed by atoms with Crippen LogP contribution in [-0.2, 0) is 4.74 Å². The van der Waals surface area contributed by atoms with Crippen LogP contribution in [0.5, 0.6) is 0 Å². The molecule has 0 aromatic rings. The molecule has 2 N–H and O–H groups in total. The number of hydrogen-bond acceptors (Lipinski definition) is 4. The predicted molar refractivity (Wildman–Crippen MR) is 51.4 cm³/mol. The third kappa shape index (κ3) is 2.82. The molecule has 1 aliphatic heterocycles. The number of nitrogens with one attached hydrogen (secondary N) is 1. The third-order valence-electron chi connectivity index (χ3n) is 1.84. The molecular weight excluding hydrogens is 168 g/mol. The highest BCUT2D eigenvalue weighted by molar-refractivity contribution is 5.83. The lowest BCUT2D eigenvalue weighted by atomic mass is 10.2. The van der Waals surface area contributed by atoms with E-state index in [0.717, 1.165) is 6.42 Å². The molecule has 0 aromatic heterocycles. The van der Waals surface area contributed by atoms with Crippen molar-refractivity contribution in [2.45, 2.75) is 32.5 Å². The quantitative estimate of drug-likeness (QED) is 0.662. The monoisotopic (exact) mass is 184 g/mol. The van der Waals surface area contributed by atoms with Crippen LogP contribution in [0.15, 0.2) is 17.3 Å². The Morgan fingerprint density at radius 2 is 2.54 bits per heavy atom. The second-order valence-corrected chi connectivity index (χ2v) is 2.90. The zero-order valence-electron chi connectivity index (χ0n) is 8.03. The summed E-state index contributed by atoms with van der Waals surface area (Å²) in [7, 11) is 0. The van der Waals surface area contributed by atoms with E-state index in [4.69, 9.17) is 4.74 Å². The first kappa shape index (κ1) is 10.2. The molecule has 0 aromatic carbocycles. The van der Waals surface area contributed by atoms with Crippen LogP contribution in [-0.4, -0.2) is 29.9 Å². The van der Waals surface area contributed by atoms with Gasteiger partial charge >= 0.3 is 0 Å². The number of allylic oxidation sites excluding steroid dienone is 1. The van der Waals surface area contributed by atoms with Crippen molar-refractivity contribution in [2.24, 2.45) is 4.99 Å². The highest BCUT2D eigenvalue weighted by atomic mass is 16.5. The summed E-state index contributed by atoms with van der Waals surface area (Å²) >= 11 is 0. The average molecular weight is 184 g/mol. The molecule has 1 fully saturated rings. The van der Waals surface area contributed by atoms with Gasteiger partial charge in [0.2, 0.25) is 5.90 Å².